The van der Waals surface area contributed by atoms with Crippen LogP contribution in [0.2, 0.25) is 0 Å². The average molecular weight is 341 g/mol. The number of carbonyl (C=O) groups is 1. The van der Waals surface area contributed by atoms with Crippen molar-refractivity contribution in [2.24, 2.45) is 0 Å². The number of aromatic amines is 1. The van der Waals surface area contributed by atoms with E-state index < -0.39 is 0 Å². The minimum absolute atomic E-state index is 0.0612. The Morgan fingerprint density at radius 2 is 2.04 bits per heavy atom. The van der Waals surface area contributed by atoms with E-state index in [2.05, 4.69) is 10.3 Å². The fourth-order valence-electron chi connectivity index (χ4n) is 2.61. The van der Waals surface area contributed by atoms with Crippen LogP contribution in [0.1, 0.15) is 13.3 Å². The molecule has 0 aliphatic carbocycles. The number of benzene rings is 2. The van der Waals surface area contributed by atoms with Gasteiger partial charge in [0.25, 0.3) is 0 Å². The van der Waals surface area contributed by atoms with Gasteiger partial charge in [-0.15, -0.1) is 11.8 Å². The molecule has 2 aromatic carbocycles. The molecule has 0 saturated heterocycles. The van der Waals surface area contributed by atoms with Gasteiger partial charge in [0, 0.05) is 24.1 Å². The number of para-hydroxylation sites is 2. The molecule has 3 rings (SSSR count). The van der Waals surface area contributed by atoms with Crippen molar-refractivity contribution >= 4 is 34.4 Å². The van der Waals surface area contributed by atoms with E-state index in [1.165, 1.54) is 6.92 Å². The van der Waals surface area contributed by atoms with E-state index >= 15 is 0 Å². The van der Waals surface area contributed by atoms with Crippen molar-refractivity contribution < 1.29 is 4.79 Å². The number of amides is 1. The Morgan fingerprint density at radius 1 is 1.21 bits per heavy atom. The number of imidazole rings is 1. The number of H-pyrrole nitrogens is 1. The number of aromatic nitrogens is 2. The first kappa shape index (κ1) is 16.4. The van der Waals surface area contributed by atoms with Gasteiger partial charge in [0.15, 0.2) is 0 Å². The van der Waals surface area contributed by atoms with Crippen molar-refractivity contribution in [3.05, 3.63) is 59.0 Å². The highest BCUT2D eigenvalue weighted by molar-refractivity contribution is 7.99. The molecule has 24 heavy (non-hydrogen) atoms. The lowest BCUT2D eigenvalue weighted by atomic mass is 10.3. The number of aryl methyl sites for hydroxylation is 1. The summed E-state index contributed by atoms with van der Waals surface area (Å²) in [7, 11) is 0. The van der Waals surface area contributed by atoms with E-state index in [0.717, 1.165) is 33.8 Å². The fourth-order valence-corrected chi connectivity index (χ4v) is 3.50. The van der Waals surface area contributed by atoms with Gasteiger partial charge in [-0.2, -0.15) is 0 Å². The molecule has 0 radical (unpaired) electrons. The van der Waals surface area contributed by atoms with Gasteiger partial charge >= 0.3 is 5.69 Å². The first-order valence-electron chi connectivity index (χ1n) is 7.81. The van der Waals surface area contributed by atoms with Crippen LogP contribution in [-0.2, 0) is 11.3 Å². The number of rotatable bonds is 6. The van der Waals surface area contributed by atoms with Crippen LogP contribution >= 0.6 is 11.8 Å². The molecule has 0 saturated carbocycles. The third kappa shape index (κ3) is 3.89. The topological polar surface area (TPSA) is 66.9 Å². The summed E-state index contributed by atoms with van der Waals surface area (Å²) in [6.07, 6.45) is 0.886. The van der Waals surface area contributed by atoms with Gasteiger partial charge in [-0.3, -0.25) is 9.36 Å². The molecule has 1 heterocycles. The highest BCUT2D eigenvalue weighted by Gasteiger charge is 2.05. The lowest BCUT2D eigenvalue weighted by Gasteiger charge is -2.06. The second-order valence-corrected chi connectivity index (χ2v) is 6.68. The maximum atomic E-state index is 12.0. The molecule has 0 aliphatic heterocycles. The molecule has 3 aromatic rings. The molecule has 0 spiro atoms. The van der Waals surface area contributed by atoms with Crippen LogP contribution in [0.5, 0.6) is 0 Å². The summed E-state index contributed by atoms with van der Waals surface area (Å²) in [5, 5.41) is 2.78. The van der Waals surface area contributed by atoms with Gasteiger partial charge in [-0.25, -0.2) is 4.79 Å². The fraction of sp³-hybridized carbons (Fsp3) is 0.222. The molecule has 2 N–H and O–H groups in total. The number of fused-ring (bicyclic) bond motifs is 1. The largest absolute Gasteiger partial charge is 0.326 e. The standard InChI is InChI=1S/C18H19N3O2S/c1-13(22)19-14-6-4-7-15(12-14)24-11-5-10-21-17-9-3-2-8-16(17)20-18(21)23/h2-4,6-9,12H,5,10-11H2,1H3,(H,19,22)(H,20,23). The Bertz CT molecular complexity index is 914. The monoisotopic (exact) mass is 341 g/mol. The molecule has 5 nitrogen and oxygen atoms in total. The molecule has 1 amide bonds. The minimum Gasteiger partial charge on any atom is -0.326 e. The molecule has 0 aliphatic rings. The van der Waals surface area contributed by atoms with Crippen LogP contribution in [-0.4, -0.2) is 21.2 Å². The van der Waals surface area contributed by atoms with Crippen molar-refractivity contribution in [1.82, 2.24) is 9.55 Å². The quantitative estimate of drug-likeness (QED) is 0.533. The van der Waals surface area contributed by atoms with Gasteiger partial charge in [-0.05, 0) is 42.5 Å². The number of hydrogen-bond acceptors (Lipinski definition) is 3. The lowest BCUT2D eigenvalue weighted by molar-refractivity contribution is -0.114. The molecule has 124 valence electrons. The van der Waals surface area contributed by atoms with Crippen molar-refractivity contribution in [2.75, 3.05) is 11.1 Å². The van der Waals surface area contributed by atoms with E-state index in [0.29, 0.717) is 6.54 Å². The van der Waals surface area contributed by atoms with Crippen LogP contribution in [0.3, 0.4) is 0 Å². The van der Waals surface area contributed by atoms with Crippen LogP contribution in [0, 0.1) is 0 Å². The second-order valence-electron chi connectivity index (χ2n) is 5.51. The van der Waals surface area contributed by atoms with E-state index in [1.54, 1.807) is 16.3 Å². The van der Waals surface area contributed by atoms with E-state index in [1.807, 2.05) is 48.5 Å². The Balaban J connectivity index is 1.58. The molecule has 1 aromatic heterocycles. The first-order chi connectivity index (χ1) is 11.6. The zero-order valence-corrected chi connectivity index (χ0v) is 14.2. The van der Waals surface area contributed by atoms with Crippen LogP contribution in [0.4, 0.5) is 5.69 Å². The van der Waals surface area contributed by atoms with Gasteiger partial charge in [0.2, 0.25) is 5.91 Å². The number of hydrogen-bond donors (Lipinski definition) is 2. The first-order valence-corrected chi connectivity index (χ1v) is 8.80. The summed E-state index contributed by atoms with van der Waals surface area (Å²) in [4.78, 5) is 27.1. The Morgan fingerprint density at radius 3 is 2.88 bits per heavy atom. The predicted molar refractivity (Wildman–Crippen MR) is 98.6 cm³/mol. The minimum atomic E-state index is -0.0733. The van der Waals surface area contributed by atoms with Crippen LogP contribution in [0.15, 0.2) is 58.2 Å². The normalized spacial score (nSPS) is 10.9. The number of anilines is 1. The van der Waals surface area contributed by atoms with Gasteiger partial charge < -0.3 is 10.3 Å². The molecular formula is C18H19N3O2S. The summed E-state index contributed by atoms with van der Waals surface area (Å²) in [5.41, 5.74) is 2.56. The van der Waals surface area contributed by atoms with Crippen LogP contribution < -0.4 is 11.0 Å². The molecule has 0 fully saturated rings. The van der Waals surface area contributed by atoms with E-state index in [9.17, 15) is 9.59 Å². The summed E-state index contributed by atoms with van der Waals surface area (Å²) in [5.74, 6) is 0.825. The summed E-state index contributed by atoms with van der Waals surface area (Å²) < 4.78 is 1.78. The number of carbonyl (C=O) groups excluding carboxylic acids is 1. The Hall–Kier alpha value is -2.47. The lowest BCUT2D eigenvalue weighted by Crippen LogP contribution is -2.17. The molecule has 0 atom stereocenters. The number of nitrogens with one attached hydrogen (secondary N) is 2. The summed E-state index contributed by atoms with van der Waals surface area (Å²) >= 11 is 1.72. The number of nitrogens with zero attached hydrogens (tertiary/aromatic N) is 1. The zero-order valence-electron chi connectivity index (χ0n) is 13.4. The zero-order chi connectivity index (χ0) is 16.9. The van der Waals surface area contributed by atoms with Crippen LogP contribution in [0.25, 0.3) is 11.0 Å². The van der Waals surface area contributed by atoms with Crippen molar-refractivity contribution in [3.8, 4) is 0 Å². The molecular weight excluding hydrogens is 322 g/mol. The predicted octanol–water partition coefficient (Wildman–Crippen LogP) is 3.47. The van der Waals surface area contributed by atoms with Crippen molar-refractivity contribution in [3.63, 3.8) is 0 Å². The average Bonchev–Trinajstić information content (AvgIpc) is 2.87. The maximum absolute atomic E-state index is 12.0. The SMILES string of the molecule is CC(=O)Nc1cccc(SCCCn2c(=O)[nH]c3ccccc32)c1. The van der Waals surface area contributed by atoms with Crippen molar-refractivity contribution in [2.45, 2.75) is 24.8 Å². The summed E-state index contributed by atoms with van der Waals surface area (Å²) in [6.45, 7) is 2.18. The smallest absolute Gasteiger partial charge is 0.326 e. The van der Waals surface area contributed by atoms with Crippen molar-refractivity contribution in [1.29, 1.82) is 0 Å². The highest BCUT2D eigenvalue weighted by Crippen LogP contribution is 2.22. The Labute approximate surface area is 144 Å². The van der Waals surface area contributed by atoms with Gasteiger partial charge in [-0.1, -0.05) is 18.2 Å². The summed E-state index contributed by atoms with van der Waals surface area (Å²) in [6, 6.07) is 15.5. The van der Waals surface area contributed by atoms with E-state index in [-0.39, 0.29) is 11.6 Å². The van der Waals surface area contributed by atoms with Gasteiger partial charge in [0.1, 0.15) is 0 Å². The van der Waals surface area contributed by atoms with Gasteiger partial charge in [0.05, 0.1) is 11.0 Å². The Kier molecular flexibility index (Phi) is 5.05. The second kappa shape index (κ2) is 7.40. The highest BCUT2D eigenvalue weighted by atomic mass is 32.2. The third-order valence-corrected chi connectivity index (χ3v) is 4.71. The molecule has 0 unspecified atom stereocenters. The third-order valence-electron chi connectivity index (χ3n) is 3.63. The van der Waals surface area contributed by atoms with E-state index in [4.69, 9.17) is 0 Å². The number of thioether (sulfide) groups is 1. The molecule has 6 heteroatoms. The maximum Gasteiger partial charge on any atom is 0.326 e. The molecule has 0 bridgehead atoms.